The van der Waals surface area contributed by atoms with Gasteiger partial charge in [-0.15, -0.1) is 0 Å². The number of halogens is 1. The van der Waals surface area contributed by atoms with E-state index < -0.39 is 10.0 Å². The maximum atomic E-state index is 13.2. The summed E-state index contributed by atoms with van der Waals surface area (Å²) in [5, 5.41) is 9.53. The van der Waals surface area contributed by atoms with Crippen LogP contribution in [-0.4, -0.2) is 48.1 Å². The van der Waals surface area contributed by atoms with Crippen LogP contribution in [0.3, 0.4) is 0 Å². The number of aromatic nitrogens is 1. The molecule has 3 heterocycles. The zero-order valence-corrected chi connectivity index (χ0v) is 16.0. The Labute approximate surface area is 161 Å². The topological polar surface area (TPSA) is 94.4 Å². The fourth-order valence-corrected chi connectivity index (χ4v) is 5.55. The predicted molar refractivity (Wildman–Crippen MR) is 97.7 cm³/mol. The fourth-order valence-electron chi connectivity index (χ4n) is 3.71. The Kier molecular flexibility index (Phi) is 4.18. The molecule has 1 aromatic carbocycles. The van der Waals surface area contributed by atoms with Crippen molar-refractivity contribution in [2.24, 2.45) is 0 Å². The number of pyridine rings is 1. The van der Waals surface area contributed by atoms with Gasteiger partial charge in [-0.2, -0.15) is 9.57 Å². The number of aryl methyl sites for hydroxylation is 1. The van der Waals surface area contributed by atoms with Gasteiger partial charge in [0, 0.05) is 30.9 Å². The number of carbonyl (C=O) groups excluding carboxylic acids is 1. The van der Waals surface area contributed by atoms with Crippen molar-refractivity contribution < 1.29 is 13.2 Å². The molecule has 1 fully saturated rings. The van der Waals surface area contributed by atoms with Crippen LogP contribution >= 0.6 is 11.6 Å². The zero-order chi connectivity index (χ0) is 19.3. The lowest BCUT2D eigenvalue weighted by atomic mass is 10.0. The Hall–Kier alpha value is -2.47. The van der Waals surface area contributed by atoms with E-state index in [2.05, 4.69) is 4.98 Å². The number of fused-ring (bicyclic) bond motifs is 3. The second-order valence-electron chi connectivity index (χ2n) is 6.49. The van der Waals surface area contributed by atoms with Crippen LogP contribution in [0.2, 0.25) is 5.02 Å². The van der Waals surface area contributed by atoms with Gasteiger partial charge >= 0.3 is 0 Å². The molecule has 4 rings (SSSR count). The van der Waals surface area contributed by atoms with E-state index in [9.17, 15) is 18.5 Å². The minimum absolute atomic E-state index is 0.0461. The highest BCUT2D eigenvalue weighted by molar-refractivity contribution is 7.89. The molecule has 2 aliphatic rings. The Morgan fingerprint density at radius 2 is 2.07 bits per heavy atom. The van der Waals surface area contributed by atoms with Crippen LogP contribution in [0, 0.1) is 18.3 Å². The van der Waals surface area contributed by atoms with Crippen LogP contribution in [0.1, 0.15) is 33.2 Å². The molecule has 2 aliphatic heterocycles. The summed E-state index contributed by atoms with van der Waals surface area (Å²) in [5.74, 6) is -0.113. The maximum absolute atomic E-state index is 13.2. The van der Waals surface area contributed by atoms with Crippen LogP contribution < -0.4 is 0 Å². The van der Waals surface area contributed by atoms with Crippen molar-refractivity contribution in [3.63, 3.8) is 0 Å². The van der Waals surface area contributed by atoms with Gasteiger partial charge in [-0.1, -0.05) is 11.6 Å². The van der Waals surface area contributed by atoms with Crippen LogP contribution in [0.25, 0.3) is 0 Å². The van der Waals surface area contributed by atoms with Gasteiger partial charge in [-0.25, -0.2) is 8.42 Å². The second kappa shape index (κ2) is 6.30. The molecule has 1 unspecified atom stereocenters. The van der Waals surface area contributed by atoms with Crippen molar-refractivity contribution in [3.05, 3.63) is 57.9 Å². The van der Waals surface area contributed by atoms with Gasteiger partial charge in [0.05, 0.1) is 22.9 Å². The molecule has 0 saturated carbocycles. The smallest absolute Gasteiger partial charge is 0.256 e. The van der Waals surface area contributed by atoms with Gasteiger partial charge in [-0.05, 0) is 36.8 Å². The number of sulfonamides is 1. The lowest BCUT2D eigenvalue weighted by Crippen LogP contribution is -2.49. The summed E-state index contributed by atoms with van der Waals surface area (Å²) in [4.78, 5) is 18.4. The van der Waals surface area contributed by atoms with E-state index in [-0.39, 0.29) is 47.1 Å². The molecule has 0 bridgehead atoms. The standard InChI is InChI=1S/C18H15ClN4O3S/c1-11-17-14(4-5-21-11)15-10-22(6-7-23(15)18(17)24)27(25,26)16-8-13(19)3-2-12(16)9-20/h2-5,8,15H,6-7,10H2,1H3. The van der Waals surface area contributed by atoms with E-state index in [0.29, 0.717) is 11.3 Å². The summed E-state index contributed by atoms with van der Waals surface area (Å²) in [7, 11) is -3.92. The minimum atomic E-state index is -3.92. The van der Waals surface area contributed by atoms with Gasteiger partial charge in [0.15, 0.2) is 0 Å². The number of piperazine rings is 1. The van der Waals surface area contributed by atoms with E-state index in [1.54, 1.807) is 24.1 Å². The van der Waals surface area contributed by atoms with Crippen molar-refractivity contribution in [1.82, 2.24) is 14.2 Å². The van der Waals surface area contributed by atoms with Crippen molar-refractivity contribution >= 4 is 27.5 Å². The molecule has 0 spiro atoms. The molecule has 1 atom stereocenters. The Morgan fingerprint density at radius 3 is 2.81 bits per heavy atom. The highest BCUT2D eigenvalue weighted by atomic mass is 35.5. The normalized spacial score (nSPS) is 19.5. The van der Waals surface area contributed by atoms with Crippen molar-refractivity contribution in [3.8, 4) is 6.07 Å². The van der Waals surface area contributed by atoms with Crippen LogP contribution in [-0.2, 0) is 10.0 Å². The molecule has 0 aliphatic carbocycles. The first-order chi connectivity index (χ1) is 12.8. The lowest BCUT2D eigenvalue weighted by Gasteiger charge is -2.37. The molecule has 9 heteroatoms. The molecular weight excluding hydrogens is 388 g/mol. The van der Waals surface area contributed by atoms with Crippen LogP contribution in [0.5, 0.6) is 0 Å². The highest BCUT2D eigenvalue weighted by Gasteiger charge is 2.44. The molecule has 2 aromatic rings. The van der Waals surface area contributed by atoms with Gasteiger partial charge in [0.1, 0.15) is 11.0 Å². The number of carbonyl (C=O) groups is 1. The first kappa shape index (κ1) is 17.9. The zero-order valence-electron chi connectivity index (χ0n) is 14.4. The number of amides is 1. The van der Waals surface area contributed by atoms with Gasteiger partial charge in [-0.3, -0.25) is 9.78 Å². The first-order valence-electron chi connectivity index (χ1n) is 8.31. The summed E-state index contributed by atoms with van der Waals surface area (Å²) >= 11 is 5.96. The molecule has 0 N–H and O–H groups in total. The molecular formula is C18H15ClN4O3S. The van der Waals surface area contributed by atoms with E-state index >= 15 is 0 Å². The Morgan fingerprint density at radius 1 is 1.30 bits per heavy atom. The number of rotatable bonds is 2. The summed E-state index contributed by atoms with van der Waals surface area (Å²) < 4.78 is 27.7. The van der Waals surface area contributed by atoms with E-state index in [0.717, 1.165) is 5.56 Å². The van der Waals surface area contributed by atoms with E-state index in [1.165, 1.54) is 22.5 Å². The molecule has 1 aromatic heterocycles. The van der Waals surface area contributed by atoms with Crippen LogP contribution in [0.15, 0.2) is 35.4 Å². The predicted octanol–water partition coefficient (Wildman–Crippen LogP) is 2.12. The molecule has 138 valence electrons. The summed E-state index contributed by atoms with van der Waals surface area (Å²) in [6, 6.07) is 7.49. The quantitative estimate of drug-likeness (QED) is 0.766. The number of hydrogen-bond acceptors (Lipinski definition) is 5. The SMILES string of the molecule is Cc1nccc2c1C(=O)N1CCN(S(=O)(=O)c3cc(Cl)ccc3C#N)CC21. The number of benzene rings is 1. The Bertz CT molecular complexity index is 1110. The summed E-state index contributed by atoms with van der Waals surface area (Å²) in [6.07, 6.45) is 1.63. The average Bonchev–Trinajstić information content (AvgIpc) is 2.95. The molecule has 7 nitrogen and oxygen atoms in total. The second-order valence-corrected chi connectivity index (χ2v) is 8.83. The van der Waals surface area contributed by atoms with E-state index in [1.807, 2.05) is 6.07 Å². The highest BCUT2D eigenvalue weighted by Crippen LogP contribution is 2.38. The third-order valence-corrected chi connectivity index (χ3v) is 7.17. The lowest BCUT2D eigenvalue weighted by molar-refractivity contribution is 0.0628. The van der Waals surface area contributed by atoms with Crippen molar-refractivity contribution in [2.75, 3.05) is 19.6 Å². The Balaban J connectivity index is 1.73. The van der Waals surface area contributed by atoms with Crippen LogP contribution in [0.4, 0.5) is 0 Å². The molecule has 1 saturated heterocycles. The number of nitrogens with zero attached hydrogens (tertiary/aromatic N) is 4. The fraction of sp³-hybridized carbons (Fsp3) is 0.278. The number of hydrogen-bond donors (Lipinski definition) is 0. The first-order valence-corrected chi connectivity index (χ1v) is 10.1. The molecule has 27 heavy (non-hydrogen) atoms. The average molecular weight is 403 g/mol. The van der Waals surface area contributed by atoms with Gasteiger partial charge in [0.2, 0.25) is 10.0 Å². The van der Waals surface area contributed by atoms with E-state index in [4.69, 9.17) is 11.6 Å². The largest absolute Gasteiger partial charge is 0.329 e. The molecule has 1 amide bonds. The summed E-state index contributed by atoms with van der Waals surface area (Å²) in [6.45, 7) is 2.33. The van der Waals surface area contributed by atoms with Crippen molar-refractivity contribution in [1.29, 1.82) is 5.26 Å². The third-order valence-electron chi connectivity index (χ3n) is 5.03. The summed E-state index contributed by atoms with van der Waals surface area (Å²) in [5.41, 5.74) is 2.04. The maximum Gasteiger partial charge on any atom is 0.256 e. The third kappa shape index (κ3) is 2.70. The van der Waals surface area contributed by atoms with Crippen molar-refractivity contribution in [2.45, 2.75) is 17.9 Å². The minimum Gasteiger partial charge on any atom is -0.329 e. The number of nitriles is 1. The van der Waals surface area contributed by atoms with Gasteiger partial charge < -0.3 is 4.90 Å². The van der Waals surface area contributed by atoms with Gasteiger partial charge in [0.25, 0.3) is 5.91 Å². The molecule has 0 radical (unpaired) electrons. The monoisotopic (exact) mass is 402 g/mol.